The number of carbonyl (C=O) groups is 1. The minimum atomic E-state index is 0.220. The zero-order valence-corrected chi connectivity index (χ0v) is 10.8. The molecule has 2 fully saturated rings. The van der Waals surface area contributed by atoms with E-state index in [-0.39, 0.29) is 5.91 Å². The van der Waals surface area contributed by atoms with E-state index in [1.165, 1.54) is 12.8 Å². The van der Waals surface area contributed by atoms with Crippen molar-refractivity contribution < 1.29 is 4.79 Å². The van der Waals surface area contributed by atoms with E-state index < -0.39 is 0 Å². The zero-order valence-electron chi connectivity index (χ0n) is 9.95. The van der Waals surface area contributed by atoms with Gasteiger partial charge in [-0.3, -0.25) is 4.79 Å². The van der Waals surface area contributed by atoms with E-state index in [1.807, 2.05) is 16.8 Å². The summed E-state index contributed by atoms with van der Waals surface area (Å²) in [6.07, 6.45) is 3.64. The highest BCUT2D eigenvalue weighted by Crippen LogP contribution is 2.35. The Labute approximate surface area is 106 Å². The molecule has 0 radical (unpaired) electrons. The summed E-state index contributed by atoms with van der Waals surface area (Å²) in [6.45, 7) is 4.06. The maximum absolute atomic E-state index is 12.3. The Bertz CT molecular complexity index is 396. The lowest BCUT2D eigenvalue weighted by Crippen LogP contribution is -2.47. The second-order valence-corrected chi connectivity index (χ2v) is 6.05. The van der Waals surface area contributed by atoms with Gasteiger partial charge in [0.2, 0.25) is 0 Å². The van der Waals surface area contributed by atoms with Crippen LogP contribution in [-0.2, 0) is 0 Å². The highest BCUT2D eigenvalue weighted by atomic mass is 32.1. The quantitative estimate of drug-likeness (QED) is 0.826. The van der Waals surface area contributed by atoms with Crippen molar-refractivity contribution in [3.63, 3.8) is 0 Å². The first-order valence-corrected chi connectivity index (χ1v) is 7.26. The molecule has 92 valence electrons. The molecular formula is C13H18N2OS. The lowest BCUT2D eigenvalue weighted by atomic mass is 9.79. The minimum absolute atomic E-state index is 0.220. The first kappa shape index (κ1) is 11.2. The molecule has 0 aliphatic carbocycles. The van der Waals surface area contributed by atoms with Crippen LogP contribution >= 0.6 is 11.3 Å². The molecule has 1 N–H and O–H groups in total. The van der Waals surface area contributed by atoms with Crippen molar-refractivity contribution in [1.82, 2.24) is 10.2 Å². The average molecular weight is 250 g/mol. The fraction of sp³-hybridized carbons (Fsp3) is 0.615. The van der Waals surface area contributed by atoms with Gasteiger partial charge in [-0.2, -0.15) is 11.3 Å². The maximum atomic E-state index is 12.3. The van der Waals surface area contributed by atoms with Crippen LogP contribution in [0.2, 0.25) is 0 Å². The van der Waals surface area contributed by atoms with Crippen molar-refractivity contribution in [2.24, 2.45) is 5.41 Å². The molecule has 2 aliphatic rings. The third kappa shape index (κ3) is 2.11. The van der Waals surface area contributed by atoms with Crippen LogP contribution in [-0.4, -0.2) is 37.0 Å². The summed E-state index contributed by atoms with van der Waals surface area (Å²) in [5.41, 5.74) is 1.22. The van der Waals surface area contributed by atoms with Crippen LogP contribution in [0.4, 0.5) is 0 Å². The molecule has 0 aromatic carbocycles. The van der Waals surface area contributed by atoms with E-state index >= 15 is 0 Å². The van der Waals surface area contributed by atoms with Crippen LogP contribution in [0.25, 0.3) is 0 Å². The predicted octanol–water partition coefficient (Wildman–Crippen LogP) is 1.96. The number of thiophene rings is 1. The smallest absolute Gasteiger partial charge is 0.254 e. The lowest BCUT2D eigenvalue weighted by molar-refractivity contribution is 0.0554. The second-order valence-electron chi connectivity index (χ2n) is 5.27. The normalized spacial score (nSPS) is 28.8. The van der Waals surface area contributed by atoms with Crippen LogP contribution in [0.5, 0.6) is 0 Å². The van der Waals surface area contributed by atoms with Crippen LogP contribution < -0.4 is 5.32 Å². The molecule has 0 saturated carbocycles. The Hall–Kier alpha value is -0.870. The fourth-order valence-electron chi connectivity index (χ4n) is 3.09. The van der Waals surface area contributed by atoms with Gasteiger partial charge < -0.3 is 10.2 Å². The van der Waals surface area contributed by atoms with Gasteiger partial charge >= 0.3 is 0 Å². The monoisotopic (exact) mass is 250 g/mol. The van der Waals surface area contributed by atoms with Gasteiger partial charge in [-0.15, -0.1) is 0 Å². The fourth-order valence-corrected chi connectivity index (χ4v) is 3.72. The van der Waals surface area contributed by atoms with Crippen molar-refractivity contribution in [2.75, 3.05) is 26.2 Å². The van der Waals surface area contributed by atoms with Gasteiger partial charge in [0.15, 0.2) is 0 Å². The van der Waals surface area contributed by atoms with Gasteiger partial charge in [-0.1, -0.05) is 0 Å². The Kier molecular flexibility index (Phi) is 2.92. The van der Waals surface area contributed by atoms with Gasteiger partial charge in [0, 0.05) is 30.4 Å². The molecule has 0 bridgehead atoms. The number of rotatable bonds is 1. The summed E-state index contributed by atoms with van der Waals surface area (Å²) in [7, 11) is 0. The molecule has 17 heavy (non-hydrogen) atoms. The Morgan fingerprint density at radius 2 is 2.41 bits per heavy atom. The van der Waals surface area contributed by atoms with Gasteiger partial charge in [-0.25, -0.2) is 0 Å². The summed E-state index contributed by atoms with van der Waals surface area (Å²) in [5.74, 6) is 0.220. The van der Waals surface area contributed by atoms with Crippen molar-refractivity contribution in [3.8, 4) is 0 Å². The molecule has 1 aromatic rings. The standard InChI is InChI=1S/C13H18N2OS/c16-12(11-2-7-17-8-11)15-6-1-3-13(10-15)4-5-14-9-13/h2,7-8,14H,1,3-6,9-10H2/t13-/m1/s1. The molecule has 3 nitrogen and oxygen atoms in total. The Morgan fingerprint density at radius 1 is 1.47 bits per heavy atom. The summed E-state index contributed by atoms with van der Waals surface area (Å²) in [4.78, 5) is 14.4. The summed E-state index contributed by atoms with van der Waals surface area (Å²) in [5, 5.41) is 7.37. The summed E-state index contributed by atoms with van der Waals surface area (Å²) >= 11 is 1.60. The second kappa shape index (κ2) is 4.42. The molecule has 4 heteroatoms. The van der Waals surface area contributed by atoms with E-state index in [1.54, 1.807) is 11.3 Å². The molecule has 1 aromatic heterocycles. The average Bonchev–Trinajstić information content (AvgIpc) is 3.00. The van der Waals surface area contributed by atoms with E-state index in [0.717, 1.165) is 38.2 Å². The zero-order chi connectivity index (χ0) is 11.7. The van der Waals surface area contributed by atoms with Gasteiger partial charge in [-0.05, 0) is 37.3 Å². The molecule has 3 heterocycles. The molecule has 2 saturated heterocycles. The van der Waals surface area contributed by atoms with E-state index in [9.17, 15) is 4.79 Å². The van der Waals surface area contributed by atoms with E-state index in [0.29, 0.717) is 5.41 Å². The van der Waals surface area contributed by atoms with Crippen molar-refractivity contribution >= 4 is 17.2 Å². The number of piperidine rings is 1. The number of carbonyl (C=O) groups excluding carboxylic acids is 1. The largest absolute Gasteiger partial charge is 0.338 e. The van der Waals surface area contributed by atoms with Crippen molar-refractivity contribution in [3.05, 3.63) is 22.4 Å². The van der Waals surface area contributed by atoms with Gasteiger partial charge in [0.1, 0.15) is 0 Å². The summed E-state index contributed by atoms with van der Waals surface area (Å²) in [6, 6.07) is 1.93. The number of likely N-dealkylation sites (tertiary alicyclic amines) is 1. The molecular weight excluding hydrogens is 232 g/mol. The molecule has 2 aliphatic heterocycles. The Balaban J connectivity index is 1.73. The van der Waals surface area contributed by atoms with Crippen LogP contribution in [0.1, 0.15) is 29.6 Å². The third-order valence-electron chi connectivity index (χ3n) is 4.05. The predicted molar refractivity (Wildman–Crippen MR) is 69.4 cm³/mol. The topological polar surface area (TPSA) is 32.3 Å². The van der Waals surface area contributed by atoms with Crippen LogP contribution in [0.3, 0.4) is 0 Å². The van der Waals surface area contributed by atoms with Gasteiger partial charge in [0.05, 0.1) is 5.56 Å². The number of hydrogen-bond donors (Lipinski definition) is 1. The molecule has 1 atom stereocenters. The molecule has 1 spiro atoms. The van der Waals surface area contributed by atoms with Crippen molar-refractivity contribution in [1.29, 1.82) is 0 Å². The van der Waals surface area contributed by atoms with Crippen molar-refractivity contribution in [2.45, 2.75) is 19.3 Å². The minimum Gasteiger partial charge on any atom is -0.338 e. The SMILES string of the molecule is O=C(c1ccsc1)N1CCC[C@]2(CCNC2)C1. The number of nitrogens with zero attached hydrogens (tertiary/aromatic N) is 1. The number of hydrogen-bond acceptors (Lipinski definition) is 3. The molecule has 1 amide bonds. The Morgan fingerprint density at radius 3 is 3.12 bits per heavy atom. The number of nitrogens with one attached hydrogen (secondary N) is 1. The molecule has 3 rings (SSSR count). The first-order chi connectivity index (χ1) is 8.29. The number of amides is 1. The van der Waals surface area contributed by atoms with Crippen LogP contribution in [0, 0.1) is 5.41 Å². The maximum Gasteiger partial charge on any atom is 0.254 e. The lowest BCUT2D eigenvalue weighted by Gasteiger charge is -2.40. The van der Waals surface area contributed by atoms with E-state index in [2.05, 4.69) is 10.2 Å². The third-order valence-corrected chi connectivity index (χ3v) is 4.73. The van der Waals surface area contributed by atoms with E-state index in [4.69, 9.17) is 0 Å². The highest BCUT2D eigenvalue weighted by Gasteiger charge is 2.39. The highest BCUT2D eigenvalue weighted by molar-refractivity contribution is 7.08. The summed E-state index contributed by atoms with van der Waals surface area (Å²) < 4.78 is 0. The molecule has 0 unspecified atom stereocenters. The first-order valence-electron chi connectivity index (χ1n) is 6.31. The van der Waals surface area contributed by atoms with Gasteiger partial charge in [0.25, 0.3) is 5.91 Å². The van der Waals surface area contributed by atoms with Crippen LogP contribution in [0.15, 0.2) is 16.8 Å².